The van der Waals surface area contributed by atoms with Gasteiger partial charge in [0.1, 0.15) is 11.2 Å². The van der Waals surface area contributed by atoms with Crippen molar-refractivity contribution in [2.45, 2.75) is 32.2 Å². The van der Waals surface area contributed by atoms with Gasteiger partial charge in [-0.3, -0.25) is 4.79 Å². The lowest BCUT2D eigenvalue weighted by Crippen LogP contribution is -2.45. The van der Waals surface area contributed by atoms with Gasteiger partial charge in [-0.1, -0.05) is 12.1 Å². The van der Waals surface area contributed by atoms with E-state index in [0.29, 0.717) is 18.4 Å². The Labute approximate surface area is 106 Å². The summed E-state index contributed by atoms with van der Waals surface area (Å²) in [6.07, 6.45) is 2.14. The van der Waals surface area contributed by atoms with Gasteiger partial charge in [-0.25, -0.2) is 4.39 Å². The maximum atomic E-state index is 13.1. The van der Waals surface area contributed by atoms with Gasteiger partial charge in [0.25, 0.3) is 0 Å². The van der Waals surface area contributed by atoms with Crippen molar-refractivity contribution in [3.63, 3.8) is 0 Å². The molecule has 0 radical (unpaired) electrons. The van der Waals surface area contributed by atoms with Crippen LogP contribution < -0.4 is 5.32 Å². The molecule has 1 unspecified atom stereocenters. The summed E-state index contributed by atoms with van der Waals surface area (Å²) < 4.78 is 13.1. The highest BCUT2D eigenvalue weighted by Gasteiger charge is 2.44. The average Bonchev–Trinajstić information content (AvgIpc) is 2.28. The van der Waals surface area contributed by atoms with E-state index in [1.54, 1.807) is 19.1 Å². The van der Waals surface area contributed by atoms with Crippen molar-refractivity contribution in [1.82, 2.24) is 5.32 Å². The monoisotopic (exact) mass is 246 g/mol. The molecule has 1 amide bonds. The lowest BCUT2D eigenvalue weighted by molar-refractivity contribution is -0.132. The zero-order valence-electron chi connectivity index (χ0n) is 10.2. The lowest BCUT2D eigenvalue weighted by Gasteiger charge is -2.34. The van der Waals surface area contributed by atoms with Crippen LogP contribution in [0.5, 0.6) is 0 Å². The first-order valence-corrected chi connectivity index (χ1v) is 6.05. The van der Waals surface area contributed by atoms with Crippen molar-refractivity contribution >= 4 is 5.91 Å². The highest BCUT2D eigenvalue weighted by Crippen LogP contribution is 2.40. The molecule has 0 spiro atoms. The maximum Gasteiger partial charge on any atom is 0.240 e. The third kappa shape index (κ3) is 2.21. The molecule has 1 atom stereocenters. The number of carbonyl (C=O) groups is 1. The van der Waals surface area contributed by atoms with Crippen LogP contribution in [0, 0.1) is 22.6 Å². The minimum atomic E-state index is -0.860. The molecule has 1 saturated carbocycles. The zero-order valence-corrected chi connectivity index (χ0v) is 10.2. The van der Waals surface area contributed by atoms with Crippen molar-refractivity contribution < 1.29 is 9.18 Å². The van der Waals surface area contributed by atoms with E-state index in [2.05, 4.69) is 11.4 Å². The van der Waals surface area contributed by atoms with Crippen LogP contribution >= 0.6 is 0 Å². The second kappa shape index (κ2) is 4.77. The van der Waals surface area contributed by atoms with Gasteiger partial charge in [-0.05, 0) is 43.9 Å². The van der Waals surface area contributed by atoms with Gasteiger partial charge < -0.3 is 5.32 Å². The number of halogens is 1. The van der Waals surface area contributed by atoms with E-state index in [4.69, 9.17) is 5.26 Å². The van der Waals surface area contributed by atoms with E-state index in [1.807, 2.05) is 0 Å². The molecule has 94 valence electrons. The summed E-state index contributed by atoms with van der Waals surface area (Å²) in [5, 5.41) is 11.9. The summed E-state index contributed by atoms with van der Waals surface area (Å²) in [6.45, 7) is 1.79. The molecule has 2 rings (SSSR count). The number of carbonyl (C=O) groups excluding carboxylic acids is 1. The van der Waals surface area contributed by atoms with E-state index in [9.17, 15) is 9.18 Å². The fraction of sp³-hybridized carbons (Fsp3) is 0.429. The fourth-order valence-corrected chi connectivity index (χ4v) is 2.11. The van der Waals surface area contributed by atoms with Crippen LogP contribution in [0.4, 0.5) is 4.39 Å². The van der Waals surface area contributed by atoms with E-state index >= 15 is 0 Å². The molecule has 3 nitrogen and oxygen atoms in total. The van der Waals surface area contributed by atoms with Crippen LogP contribution in [-0.2, 0) is 4.79 Å². The van der Waals surface area contributed by atoms with Crippen LogP contribution in [0.1, 0.15) is 37.8 Å². The van der Waals surface area contributed by atoms with Gasteiger partial charge in [0.15, 0.2) is 0 Å². The Morgan fingerprint density at radius 2 is 2.28 bits per heavy atom. The number of hydrogen-bond acceptors (Lipinski definition) is 2. The van der Waals surface area contributed by atoms with Gasteiger partial charge in [-0.2, -0.15) is 5.26 Å². The summed E-state index contributed by atoms with van der Waals surface area (Å²) in [4.78, 5) is 12.0. The van der Waals surface area contributed by atoms with Crippen molar-refractivity contribution in [1.29, 1.82) is 5.26 Å². The number of nitrogens with zero attached hydrogens (tertiary/aromatic N) is 1. The Hall–Kier alpha value is -1.89. The summed E-state index contributed by atoms with van der Waals surface area (Å²) >= 11 is 0. The molecule has 0 aliphatic heterocycles. The number of nitrogens with one attached hydrogen (secondary N) is 1. The number of amides is 1. The number of rotatable bonds is 3. The maximum absolute atomic E-state index is 13.1. The second-order valence-corrected chi connectivity index (χ2v) is 4.80. The Balaban J connectivity index is 2.06. The first-order valence-electron chi connectivity index (χ1n) is 6.05. The zero-order chi connectivity index (χ0) is 13.2. The highest BCUT2D eigenvalue weighted by atomic mass is 19.1. The Morgan fingerprint density at radius 1 is 1.56 bits per heavy atom. The number of nitriles is 1. The second-order valence-electron chi connectivity index (χ2n) is 4.80. The van der Waals surface area contributed by atoms with Crippen LogP contribution in [0.3, 0.4) is 0 Å². The van der Waals surface area contributed by atoms with Crippen LogP contribution in [-0.4, -0.2) is 5.91 Å². The topological polar surface area (TPSA) is 52.9 Å². The summed E-state index contributed by atoms with van der Waals surface area (Å²) in [6, 6.07) is 7.93. The molecular formula is C14H15FN2O. The molecule has 1 fully saturated rings. The molecule has 1 aromatic carbocycles. The normalized spacial score (nSPS) is 18.3. The summed E-state index contributed by atoms with van der Waals surface area (Å²) in [5.74, 6) is -0.569. The summed E-state index contributed by atoms with van der Waals surface area (Å²) in [5.41, 5.74) is -0.155. The first-order chi connectivity index (χ1) is 8.57. The van der Waals surface area contributed by atoms with E-state index < -0.39 is 5.41 Å². The quantitative estimate of drug-likeness (QED) is 0.891. The van der Waals surface area contributed by atoms with Crippen molar-refractivity contribution in [3.05, 3.63) is 35.6 Å². The van der Waals surface area contributed by atoms with Crippen LogP contribution in [0.25, 0.3) is 0 Å². The molecule has 1 N–H and O–H groups in total. The highest BCUT2D eigenvalue weighted by molar-refractivity contribution is 5.86. The minimum absolute atomic E-state index is 0.243. The van der Waals surface area contributed by atoms with Crippen molar-refractivity contribution in [2.24, 2.45) is 5.41 Å². The third-order valence-corrected chi connectivity index (χ3v) is 3.55. The van der Waals surface area contributed by atoms with Gasteiger partial charge in [0.2, 0.25) is 5.91 Å². The minimum Gasteiger partial charge on any atom is -0.348 e. The molecule has 0 heterocycles. The predicted octanol–water partition coefficient (Wildman–Crippen LogP) is 2.70. The Morgan fingerprint density at radius 3 is 2.78 bits per heavy atom. The summed E-state index contributed by atoms with van der Waals surface area (Å²) in [7, 11) is 0. The van der Waals surface area contributed by atoms with Gasteiger partial charge in [0.05, 0.1) is 12.1 Å². The van der Waals surface area contributed by atoms with Gasteiger partial charge in [0, 0.05) is 0 Å². The number of hydrogen-bond donors (Lipinski definition) is 1. The standard InChI is InChI=1S/C14H15FN2O/c1-10(11-4-2-5-12(15)8-11)17-13(18)14(9-16)6-3-7-14/h2,4-5,8,10H,3,6-7H2,1H3,(H,17,18). The SMILES string of the molecule is CC(NC(=O)C1(C#N)CCC1)c1cccc(F)c1. The van der Waals surface area contributed by atoms with Gasteiger partial charge >= 0.3 is 0 Å². The molecular weight excluding hydrogens is 231 g/mol. The van der Waals surface area contributed by atoms with Crippen molar-refractivity contribution in [3.8, 4) is 6.07 Å². The van der Waals surface area contributed by atoms with Crippen LogP contribution in [0.2, 0.25) is 0 Å². The molecule has 1 aliphatic rings. The lowest BCUT2D eigenvalue weighted by atomic mass is 9.69. The molecule has 4 heteroatoms. The van der Waals surface area contributed by atoms with Crippen LogP contribution in [0.15, 0.2) is 24.3 Å². The van der Waals surface area contributed by atoms with Gasteiger partial charge in [-0.15, -0.1) is 0 Å². The molecule has 0 bridgehead atoms. The third-order valence-electron chi connectivity index (χ3n) is 3.55. The molecule has 0 saturated heterocycles. The Kier molecular flexibility index (Phi) is 3.33. The molecule has 1 aliphatic carbocycles. The van der Waals surface area contributed by atoms with E-state index in [-0.39, 0.29) is 17.8 Å². The van der Waals surface area contributed by atoms with E-state index in [0.717, 1.165) is 6.42 Å². The van der Waals surface area contributed by atoms with E-state index in [1.165, 1.54) is 12.1 Å². The fourth-order valence-electron chi connectivity index (χ4n) is 2.11. The smallest absolute Gasteiger partial charge is 0.240 e. The predicted molar refractivity (Wildman–Crippen MR) is 64.9 cm³/mol. The number of benzene rings is 1. The molecule has 0 aromatic heterocycles. The van der Waals surface area contributed by atoms with Crippen molar-refractivity contribution in [2.75, 3.05) is 0 Å². The Bertz CT molecular complexity index is 503. The molecule has 18 heavy (non-hydrogen) atoms. The first kappa shape index (κ1) is 12.6. The average molecular weight is 246 g/mol. The molecule has 1 aromatic rings. The largest absolute Gasteiger partial charge is 0.348 e.